The molecule has 0 aliphatic rings. The van der Waals surface area contributed by atoms with Crippen molar-refractivity contribution in [3.63, 3.8) is 0 Å². The van der Waals surface area contributed by atoms with Gasteiger partial charge in [-0.3, -0.25) is 4.79 Å². The standard InChI is InChI=1S/C9H11NO2.C2H6/c1-10-9(11)7-4-3-5-8(6-7)12-2;1-2/h3-6H,1-2H3,(H,10,11);1-2H3. The Labute approximate surface area is 85.1 Å². The van der Waals surface area contributed by atoms with E-state index in [0.29, 0.717) is 11.3 Å². The van der Waals surface area contributed by atoms with Crippen LogP contribution in [0.1, 0.15) is 24.2 Å². The van der Waals surface area contributed by atoms with Crippen LogP contribution < -0.4 is 10.1 Å². The van der Waals surface area contributed by atoms with Crippen molar-refractivity contribution in [2.45, 2.75) is 13.8 Å². The molecule has 0 fully saturated rings. The van der Waals surface area contributed by atoms with E-state index >= 15 is 0 Å². The van der Waals surface area contributed by atoms with E-state index in [1.165, 1.54) is 0 Å². The van der Waals surface area contributed by atoms with Gasteiger partial charge in [0.2, 0.25) is 0 Å². The number of amides is 1. The van der Waals surface area contributed by atoms with Crippen LogP contribution in [0.5, 0.6) is 5.75 Å². The van der Waals surface area contributed by atoms with Crippen LogP contribution >= 0.6 is 0 Å². The molecule has 0 heterocycles. The van der Waals surface area contributed by atoms with Gasteiger partial charge in [0.1, 0.15) is 5.75 Å². The number of methoxy groups -OCH3 is 1. The second-order valence-electron chi connectivity index (χ2n) is 2.31. The number of hydrogen-bond acceptors (Lipinski definition) is 2. The molecule has 1 N–H and O–H groups in total. The van der Waals surface area contributed by atoms with E-state index in [2.05, 4.69) is 5.32 Å². The summed E-state index contributed by atoms with van der Waals surface area (Å²) in [6.07, 6.45) is 0. The van der Waals surface area contributed by atoms with Crippen molar-refractivity contribution in [1.29, 1.82) is 0 Å². The first-order chi connectivity index (χ1) is 6.77. The molecular formula is C11H17NO2. The van der Waals surface area contributed by atoms with Gasteiger partial charge in [-0.25, -0.2) is 0 Å². The van der Waals surface area contributed by atoms with Crippen LogP contribution in [0.3, 0.4) is 0 Å². The molecule has 0 bridgehead atoms. The molecule has 78 valence electrons. The molecule has 0 saturated carbocycles. The predicted molar refractivity (Wildman–Crippen MR) is 57.7 cm³/mol. The van der Waals surface area contributed by atoms with Crippen LogP contribution in [-0.4, -0.2) is 20.1 Å². The lowest BCUT2D eigenvalue weighted by atomic mass is 10.2. The number of ether oxygens (including phenoxy) is 1. The Morgan fingerprint density at radius 2 is 2.00 bits per heavy atom. The molecule has 0 aliphatic carbocycles. The quantitative estimate of drug-likeness (QED) is 0.784. The number of rotatable bonds is 2. The molecule has 3 heteroatoms. The van der Waals surface area contributed by atoms with Crippen molar-refractivity contribution in [2.24, 2.45) is 0 Å². The summed E-state index contributed by atoms with van der Waals surface area (Å²) in [4.78, 5) is 11.1. The first-order valence-electron chi connectivity index (χ1n) is 4.64. The van der Waals surface area contributed by atoms with E-state index < -0.39 is 0 Å². The summed E-state index contributed by atoms with van der Waals surface area (Å²) >= 11 is 0. The predicted octanol–water partition coefficient (Wildman–Crippen LogP) is 2.08. The van der Waals surface area contributed by atoms with Crippen LogP contribution in [0.4, 0.5) is 0 Å². The second-order valence-corrected chi connectivity index (χ2v) is 2.31. The second kappa shape index (κ2) is 6.95. The first-order valence-corrected chi connectivity index (χ1v) is 4.64. The summed E-state index contributed by atoms with van der Waals surface area (Å²) in [6, 6.07) is 7.01. The Hall–Kier alpha value is -1.51. The van der Waals surface area contributed by atoms with Gasteiger partial charge in [-0.15, -0.1) is 0 Å². The molecule has 0 saturated heterocycles. The van der Waals surface area contributed by atoms with Crippen LogP contribution in [0, 0.1) is 0 Å². The summed E-state index contributed by atoms with van der Waals surface area (Å²) in [5.74, 6) is 0.588. The van der Waals surface area contributed by atoms with Gasteiger partial charge < -0.3 is 10.1 Å². The van der Waals surface area contributed by atoms with Gasteiger partial charge in [-0.05, 0) is 18.2 Å². The zero-order valence-electron chi connectivity index (χ0n) is 9.13. The lowest BCUT2D eigenvalue weighted by molar-refractivity contribution is 0.0963. The Balaban J connectivity index is 0.000000791. The van der Waals surface area contributed by atoms with Gasteiger partial charge in [0.25, 0.3) is 5.91 Å². The van der Waals surface area contributed by atoms with Gasteiger partial charge >= 0.3 is 0 Å². The molecule has 0 unspecified atom stereocenters. The molecule has 0 spiro atoms. The first kappa shape index (κ1) is 12.5. The molecule has 1 aromatic carbocycles. The largest absolute Gasteiger partial charge is 0.497 e. The fraction of sp³-hybridized carbons (Fsp3) is 0.364. The zero-order valence-corrected chi connectivity index (χ0v) is 9.13. The molecule has 0 atom stereocenters. The maximum absolute atomic E-state index is 11.1. The number of benzene rings is 1. The Kier molecular flexibility index (Phi) is 6.20. The third-order valence-corrected chi connectivity index (χ3v) is 1.56. The lowest BCUT2D eigenvalue weighted by Gasteiger charge is -2.02. The number of nitrogens with one attached hydrogen (secondary N) is 1. The third kappa shape index (κ3) is 3.47. The molecule has 14 heavy (non-hydrogen) atoms. The number of hydrogen-bond donors (Lipinski definition) is 1. The maximum atomic E-state index is 11.1. The monoisotopic (exact) mass is 195 g/mol. The van der Waals surface area contributed by atoms with E-state index in [0.717, 1.165) is 0 Å². The Morgan fingerprint density at radius 3 is 2.50 bits per heavy atom. The van der Waals surface area contributed by atoms with E-state index in [9.17, 15) is 4.79 Å². The van der Waals surface area contributed by atoms with Crippen LogP contribution in [0.2, 0.25) is 0 Å². The maximum Gasteiger partial charge on any atom is 0.251 e. The fourth-order valence-corrected chi connectivity index (χ4v) is 0.909. The van der Waals surface area contributed by atoms with Crippen molar-refractivity contribution >= 4 is 5.91 Å². The molecular weight excluding hydrogens is 178 g/mol. The number of carbonyl (C=O) groups is 1. The summed E-state index contributed by atoms with van der Waals surface area (Å²) in [6.45, 7) is 4.00. The van der Waals surface area contributed by atoms with Gasteiger partial charge in [-0.2, -0.15) is 0 Å². The summed E-state index contributed by atoms with van der Waals surface area (Å²) in [5.41, 5.74) is 0.608. The van der Waals surface area contributed by atoms with Crippen LogP contribution in [-0.2, 0) is 0 Å². The lowest BCUT2D eigenvalue weighted by Crippen LogP contribution is -2.17. The Bertz CT molecular complexity index is 284. The van der Waals surface area contributed by atoms with Gasteiger partial charge in [0.15, 0.2) is 0 Å². The molecule has 0 aromatic heterocycles. The highest BCUT2D eigenvalue weighted by Gasteiger charge is 2.02. The highest BCUT2D eigenvalue weighted by molar-refractivity contribution is 5.94. The smallest absolute Gasteiger partial charge is 0.251 e. The van der Waals surface area contributed by atoms with E-state index in [4.69, 9.17) is 4.74 Å². The van der Waals surface area contributed by atoms with Crippen molar-refractivity contribution in [3.05, 3.63) is 29.8 Å². The summed E-state index contributed by atoms with van der Waals surface area (Å²) in [5, 5.41) is 2.54. The topological polar surface area (TPSA) is 38.3 Å². The van der Waals surface area contributed by atoms with Crippen molar-refractivity contribution in [3.8, 4) is 5.75 Å². The highest BCUT2D eigenvalue weighted by atomic mass is 16.5. The third-order valence-electron chi connectivity index (χ3n) is 1.56. The molecule has 1 rings (SSSR count). The Morgan fingerprint density at radius 1 is 1.36 bits per heavy atom. The van der Waals surface area contributed by atoms with Crippen LogP contribution in [0.15, 0.2) is 24.3 Å². The highest BCUT2D eigenvalue weighted by Crippen LogP contribution is 2.11. The normalized spacial score (nSPS) is 8.29. The van der Waals surface area contributed by atoms with E-state index in [-0.39, 0.29) is 5.91 Å². The molecule has 1 aromatic rings. The fourth-order valence-electron chi connectivity index (χ4n) is 0.909. The average molecular weight is 195 g/mol. The molecule has 0 aliphatic heterocycles. The van der Waals surface area contributed by atoms with Crippen LogP contribution in [0.25, 0.3) is 0 Å². The van der Waals surface area contributed by atoms with Crippen molar-refractivity contribution in [1.82, 2.24) is 5.32 Å². The number of carbonyl (C=O) groups excluding carboxylic acids is 1. The molecule has 3 nitrogen and oxygen atoms in total. The summed E-state index contributed by atoms with van der Waals surface area (Å²) < 4.78 is 4.97. The molecule has 1 amide bonds. The minimum Gasteiger partial charge on any atom is -0.497 e. The van der Waals surface area contributed by atoms with E-state index in [1.54, 1.807) is 38.4 Å². The minimum absolute atomic E-state index is 0.103. The zero-order chi connectivity index (χ0) is 11.0. The minimum atomic E-state index is -0.103. The van der Waals surface area contributed by atoms with Gasteiger partial charge in [0, 0.05) is 12.6 Å². The average Bonchev–Trinajstić information content (AvgIpc) is 2.30. The van der Waals surface area contributed by atoms with Gasteiger partial charge in [0.05, 0.1) is 7.11 Å². The SMILES string of the molecule is CC.CNC(=O)c1cccc(OC)c1. The van der Waals surface area contributed by atoms with Gasteiger partial charge in [-0.1, -0.05) is 19.9 Å². The molecule has 0 radical (unpaired) electrons. The van der Waals surface area contributed by atoms with Crippen molar-refractivity contribution in [2.75, 3.05) is 14.2 Å². The van der Waals surface area contributed by atoms with Crippen molar-refractivity contribution < 1.29 is 9.53 Å². The van der Waals surface area contributed by atoms with E-state index in [1.807, 2.05) is 13.8 Å². The summed E-state index contributed by atoms with van der Waals surface area (Å²) in [7, 11) is 3.17.